The van der Waals surface area contributed by atoms with Gasteiger partial charge in [-0.1, -0.05) is 21.1 Å². The van der Waals surface area contributed by atoms with Crippen LogP contribution in [0.2, 0.25) is 0 Å². The van der Waals surface area contributed by atoms with Gasteiger partial charge in [-0.25, -0.2) is 9.37 Å². The van der Waals surface area contributed by atoms with Crippen LogP contribution in [0, 0.1) is 10.8 Å². The molecule has 0 aromatic carbocycles. The van der Waals surface area contributed by atoms with Gasteiger partial charge >= 0.3 is 0 Å². The van der Waals surface area contributed by atoms with E-state index in [-0.39, 0.29) is 16.7 Å². The van der Waals surface area contributed by atoms with E-state index in [1.54, 1.807) is 6.20 Å². The number of fused-ring (bicyclic) bond motifs is 3. The maximum Gasteiger partial charge on any atom is 0.234 e. The van der Waals surface area contributed by atoms with Crippen molar-refractivity contribution in [2.24, 2.45) is 10.8 Å². The molecule has 2 heterocycles. The van der Waals surface area contributed by atoms with Gasteiger partial charge in [-0.15, -0.1) is 0 Å². The standard InChI is InChI=1S/C25H28BrFN4O2/c26-17-3-10-28-18(11-17)31(21(32)24-12-25(27,13-24)14-24)15-22-4-7-23(8-5-22,9-6-22)20-29-19(30-33-20)16-1-2-16/h3,10-11,16H,1-2,4-9,12-15H2. The van der Waals surface area contributed by atoms with Gasteiger partial charge in [0.2, 0.25) is 11.8 Å². The summed E-state index contributed by atoms with van der Waals surface area (Å²) in [6.45, 7) is 0.656. The number of rotatable bonds is 6. The lowest BCUT2D eigenvalue weighted by Gasteiger charge is -2.65. The number of carbonyl (C=O) groups excluding carboxylic acids is 1. The molecule has 2 aromatic heterocycles. The van der Waals surface area contributed by atoms with E-state index in [0.29, 0.717) is 37.5 Å². The van der Waals surface area contributed by atoms with E-state index >= 15 is 0 Å². The van der Waals surface area contributed by atoms with Gasteiger partial charge in [0, 0.05) is 28.5 Å². The molecule has 1 amide bonds. The lowest BCUT2D eigenvalue weighted by atomic mass is 9.41. The predicted octanol–water partition coefficient (Wildman–Crippen LogP) is 5.62. The summed E-state index contributed by atoms with van der Waals surface area (Å²) in [5.41, 5.74) is -1.54. The van der Waals surface area contributed by atoms with E-state index in [1.165, 1.54) is 12.8 Å². The van der Waals surface area contributed by atoms with Gasteiger partial charge in [0.05, 0.1) is 5.41 Å². The van der Waals surface area contributed by atoms with Crippen molar-refractivity contribution in [1.82, 2.24) is 15.1 Å². The molecule has 0 radical (unpaired) electrons. The zero-order valence-electron chi connectivity index (χ0n) is 18.7. The molecule has 174 valence electrons. The number of hydrogen-bond acceptors (Lipinski definition) is 5. The SMILES string of the molecule is O=C(N(CC12CCC(c3nc(C4CC4)no3)(CC1)CC2)c1cc(Br)ccn1)C12CC(F)(C1)C2. The lowest BCUT2D eigenvalue weighted by Crippen LogP contribution is -2.71. The molecule has 4 bridgehead atoms. The van der Waals surface area contributed by atoms with E-state index in [4.69, 9.17) is 9.51 Å². The van der Waals surface area contributed by atoms with Crippen LogP contribution in [0.1, 0.15) is 88.3 Å². The average molecular weight is 515 g/mol. The zero-order chi connectivity index (χ0) is 22.5. The summed E-state index contributed by atoms with van der Waals surface area (Å²) in [5.74, 6) is 2.97. The van der Waals surface area contributed by atoms with Crippen LogP contribution in [-0.2, 0) is 10.2 Å². The van der Waals surface area contributed by atoms with Gasteiger partial charge in [0.15, 0.2) is 5.82 Å². The number of nitrogens with zero attached hydrogens (tertiary/aromatic N) is 4. The van der Waals surface area contributed by atoms with Crippen LogP contribution in [0.3, 0.4) is 0 Å². The number of alkyl halides is 1. The Morgan fingerprint density at radius 2 is 1.85 bits per heavy atom. The Morgan fingerprint density at radius 3 is 2.45 bits per heavy atom. The smallest absolute Gasteiger partial charge is 0.234 e. The van der Waals surface area contributed by atoms with Crippen LogP contribution in [-0.4, -0.2) is 33.2 Å². The Labute approximate surface area is 200 Å². The molecule has 0 aliphatic heterocycles. The minimum atomic E-state index is -1.09. The summed E-state index contributed by atoms with van der Waals surface area (Å²) in [7, 11) is 0. The third-order valence-electron chi connectivity index (χ3n) is 9.38. The van der Waals surface area contributed by atoms with Crippen molar-refractivity contribution in [1.29, 1.82) is 0 Å². The number of carbonyl (C=O) groups is 1. The van der Waals surface area contributed by atoms with Crippen LogP contribution in [0.25, 0.3) is 0 Å². The molecular formula is C25H28BrFN4O2. The highest BCUT2D eigenvalue weighted by Crippen LogP contribution is 2.70. The highest BCUT2D eigenvalue weighted by Gasteiger charge is 2.73. The zero-order valence-corrected chi connectivity index (χ0v) is 20.2. The fraction of sp³-hybridized carbons (Fsp3) is 0.680. The minimum Gasteiger partial charge on any atom is -0.339 e. The first-order chi connectivity index (χ1) is 15.8. The molecule has 7 aliphatic rings. The van der Waals surface area contributed by atoms with E-state index in [9.17, 15) is 9.18 Å². The normalized spacial score (nSPS) is 38.5. The van der Waals surface area contributed by atoms with Crippen molar-refractivity contribution in [3.63, 3.8) is 0 Å². The molecule has 0 saturated heterocycles. The summed E-state index contributed by atoms with van der Waals surface area (Å²) in [6.07, 6.45) is 11.4. The van der Waals surface area contributed by atoms with Crippen LogP contribution >= 0.6 is 15.9 Å². The second-order valence-electron chi connectivity index (χ2n) is 11.7. The molecule has 0 atom stereocenters. The monoisotopic (exact) mass is 514 g/mol. The minimum absolute atomic E-state index is 0.000777. The third kappa shape index (κ3) is 3.08. The maximum absolute atomic E-state index is 14.3. The van der Waals surface area contributed by atoms with Crippen molar-refractivity contribution >= 4 is 27.7 Å². The summed E-state index contributed by atoms with van der Waals surface area (Å²) < 4.78 is 20.9. The van der Waals surface area contributed by atoms with Gasteiger partial charge in [-0.2, -0.15) is 4.98 Å². The first-order valence-corrected chi connectivity index (χ1v) is 13.1. The first-order valence-electron chi connectivity index (χ1n) is 12.3. The van der Waals surface area contributed by atoms with Gasteiger partial charge in [-0.3, -0.25) is 9.69 Å². The fourth-order valence-corrected chi connectivity index (χ4v) is 7.41. The lowest BCUT2D eigenvalue weighted by molar-refractivity contribution is -0.211. The molecule has 7 saturated carbocycles. The molecule has 2 aromatic rings. The van der Waals surface area contributed by atoms with Crippen molar-refractivity contribution in [2.75, 3.05) is 11.4 Å². The molecule has 0 spiro atoms. The largest absolute Gasteiger partial charge is 0.339 e. The molecule has 7 aliphatic carbocycles. The van der Waals surface area contributed by atoms with E-state index < -0.39 is 11.1 Å². The van der Waals surface area contributed by atoms with Gasteiger partial charge < -0.3 is 4.52 Å². The second-order valence-corrected chi connectivity index (χ2v) is 12.6. The number of hydrogen-bond donors (Lipinski definition) is 0. The predicted molar refractivity (Wildman–Crippen MR) is 122 cm³/mol. The molecule has 33 heavy (non-hydrogen) atoms. The average Bonchev–Trinajstić information content (AvgIpc) is 3.51. The molecular weight excluding hydrogens is 487 g/mol. The second kappa shape index (κ2) is 6.64. The quantitative estimate of drug-likeness (QED) is 0.499. The Balaban J connectivity index is 1.13. The summed E-state index contributed by atoms with van der Waals surface area (Å²) >= 11 is 3.53. The fourth-order valence-electron chi connectivity index (χ4n) is 7.09. The molecule has 6 nitrogen and oxygen atoms in total. The molecule has 7 fully saturated rings. The van der Waals surface area contributed by atoms with Crippen LogP contribution in [0.15, 0.2) is 27.3 Å². The summed E-state index contributed by atoms with van der Waals surface area (Å²) in [6, 6.07) is 3.79. The summed E-state index contributed by atoms with van der Waals surface area (Å²) in [5, 5.41) is 4.27. The van der Waals surface area contributed by atoms with E-state index in [0.717, 1.165) is 54.7 Å². The van der Waals surface area contributed by atoms with Gasteiger partial charge in [0.25, 0.3) is 0 Å². The number of aromatic nitrogens is 3. The van der Waals surface area contributed by atoms with E-state index in [1.807, 2.05) is 17.0 Å². The molecule has 8 heteroatoms. The highest BCUT2D eigenvalue weighted by atomic mass is 79.9. The van der Waals surface area contributed by atoms with Gasteiger partial charge in [-0.05, 0) is 88.2 Å². The van der Waals surface area contributed by atoms with Crippen LogP contribution in [0.5, 0.6) is 0 Å². The maximum atomic E-state index is 14.3. The van der Waals surface area contributed by atoms with Gasteiger partial charge in [0.1, 0.15) is 11.5 Å². The van der Waals surface area contributed by atoms with Crippen molar-refractivity contribution < 1.29 is 13.7 Å². The number of halogens is 2. The molecule has 0 N–H and O–H groups in total. The van der Waals surface area contributed by atoms with E-state index in [2.05, 4.69) is 26.1 Å². The Morgan fingerprint density at radius 1 is 1.15 bits per heavy atom. The van der Waals surface area contributed by atoms with Crippen molar-refractivity contribution in [2.45, 2.75) is 87.6 Å². The van der Waals surface area contributed by atoms with Crippen molar-refractivity contribution in [3.8, 4) is 0 Å². The number of pyridine rings is 1. The topological polar surface area (TPSA) is 72.1 Å². The Bertz CT molecular complexity index is 1100. The third-order valence-corrected chi connectivity index (χ3v) is 9.87. The molecule has 0 unspecified atom stereocenters. The number of anilines is 1. The number of amides is 1. The molecule has 9 rings (SSSR count). The van der Waals surface area contributed by atoms with Crippen LogP contribution < -0.4 is 4.90 Å². The summed E-state index contributed by atoms with van der Waals surface area (Å²) in [4.78, 5) is 24.9. The van der Waals surface area contributed by atoms with Crippen molar-refractivity contribution in [3.05, 3.63) is 34.5 Å². The highest BCUT2D eigenvalue weighted by molar-refractivity contribution is 9.10. The first kappa shape index (κ1) is 20.5. The van der Waals surface area contributed by atoms with Crippen LogP contribution in [0.4, 0.5) is 10.2 Å². The Kier molecular flexibility index (Phi) is 4.13. The Hall–Kier alpha value is -1.83.